The maximum absolute atomic E-state index is 11.3. The highest BCUT2D eigenvalue weighted by Crippen LogP contribution is 2.30. The lowest BCUT2D eigenvalue weighted by atomic mass is 10.1. The van der Waals surface area contributed by atoms with Gasteiger partial charge < -0.3 is 5.11 Å². The first-order chi connectivity index (χ1) is 9.16. The van der Waals surface area contributed by atoms with Gasteiger partial charge in [0.25, 0.3) is 0 Å². The molecule has 1 heterocycles. The first-order valence-corrected chi connectivity index (χ1v) is 6.56. The molecule has 0 atom stereocenters. The molecule has 1 aromatic carbocycles. The van der Waals surface area contributed by atoms with Gasteiger partial charge in [-0.25, -0.2) is 9.78 Å². The van der Waals surface area contributed by atoms with Crippen molar-refractivity contribution in [2.75, 3.05) is 0 Å². The molecule has 2 aromatic rings. The lowest BCUT2D eigenvalue weighted by Crippen LogP contribution is -2.00. The van der Waals surface area contributed by atoms with Gasteiger partial charge in [0.15, 0.2) is 0 Å². The zero-order valence-corrected chi connectivity index (χ0v) is 10.9. The minimum Gasteiger partial charge on any atom is -0.478 e. The molecular formula is C15H12ClNO2. The number of fused-ring (bicyclic) bond motifs is 1. The van der Waals surface area contributed by atoms with Gasteiger partial charge in [-0.2, -0.15) is 0 Å². The van der Waals surface area contributed by atoms with Crippen molar-refractivity contribution >= 4 is 34.0 Å². The fourth-order valence-electron chi connectivity index (χ4n) is 2.48. The van der Waals surface area contributed by atoms with Crippen molar-refractivity contribution < 1.29 is 9.90 Å². The summed E-state index contributed by atoms with van der Waals surface area (Å²) in [5.74, 6) is -1.02. The SMILES string of the molecule is O=C(O)c1c(Cl)ccc2nc(C3=CCCC3)ccc12. The van der Waals surface area contributed by atoms with E-state index in [-0.39, 0.29) is 10.6 Å². The molecule has 0 saturated carbocycles. The van der Waals surface area contributed by atoms with E-state index in [1.807, 2.05) is 6.07 Å². The van der Waals surface area contributed by atoms with Crippen LogP contribution >= 0.6 is 11.6 Å². The molecule has 19 heavy (non-hydrogen) atoms. The van der Waals surface area contributed by atoms with Crippen molar-refractivity contribution in [2.45, 2.75) is 19.3 Å². The average molecular weight is 274 g/mol. The van der Waals surface area contributed by atoms with Gasteiger partial charge in [-0.05, 0) is 49.1 Å². The van der Waals surface area contributed by atoms with Gasteiger partial charge in [0.2, 0.25) is 0 Å². The molecule has 0 fully saturated rings. The minimum atomic E-state index is -1.02. The summed E-state index contributed by atoms with van der Waals surface area (Å²) in [6.07, 6.45) is 5.49. The Hall–Kier alpha value is -1.87. The number of pyridine rings is 1. The second-order valence-electron chi connectivity index (χ2n) is 4.61. The molecule has 1 aliphatic rings. The second-order valence-corrected chi connectivity index (χ2v) is 5.02. The predicted octanol–water partition coefficient (Wildman–Crippen LogP) is 4.15. The molecule has 0 amide bonds. The number of aromatic carboxylic acids is 1. The van der Waals surface area contributed by atoms with E-state index in [4.69, 9.17) is 11.6 Å². The van der Waals surface area contributed by atoms with E-state index in [0.717, 1.165) is 25.0 Å². The van der Waals surface area contributed by atoms with Crippen molar-refractivity contribution in [2.24, 2.45) is 0 Å². The topological polar surface area (TPSA) is 50.2 Å². The lowest BCUT2D eigenvalue weighted by molar-refractivity contribution is 0.0699. The predicted molar refractivity (Wildman–Crippen MR) is 75.5 cm³/mol. The minimum absolute atomic E-state index is 0.124. The van der Waals surface area contributed by atoms with Crippen LogP contribution < -0.4 is 0 Å². The smallest absolute Gasteiger partial charge is 0.337 e. The molecular weight excluding hydrogens is 262 g/mol. The van der Waals surface area contributed by atoms with Crippen LogP contribution in [0.3, 0.4) is 0 Å². The van der Waals surface area contributed by atoms with Crippen LogP contribution in [0.1, 0.15) is 35.3 Å². The van der Waals surface area contributed by atoms with Crippen LogP contribution in [0, 0.1) is 0 Å². The summed E-state index contributed by atoms with van der Waals surface area (Å²) in [5, 5.41) is 10.1. The van der Waals surface area contributed by atoms with Gasteiger partial charge in [-0.3, -0.25) is 0 Å². The molecule has 0 spiro atoms. The van der Waals surface area contributed by atoms with Crippen molar-refractivity contribution in [3.05, 3.63) is 46.6 Å². The number of hydrogen-bond donors (Lipinski definition) is 1. The first kappa shape index (κ1) is 12.2. The molecule has 3 rings (SSSR count). The molecule has 1 aromatic heterocycles. The third kappa shape index (κ3) is 2.10. The summed E-state index contributed by atoms with van der Waals surface area (Å²) >= 11 is 5.95. The monoisotopic (exact) mass is 273 g/mol. The Morgan fingerprint density at radius 2 is 2.11 bits per heavy atom. The van der Waals surface area contributed by atoms with E-state index in [1.54, 1.807) is 18.2 Å². The Morgan fingerprint density at radius 3 is 2.79 bits per heavy atom. The average Bonchev–Trinajstić information content (AvgIpc) is 2.91. The zero-order valence-electron chi connectivity index (χ0n) is 10.2. The van der Waals surface area contributed by atoms with Crippen LogP contribution in [-0.4, -0.2) is 16.1 Å². The molecule has 4 heteroatoms. The molecule has 0 aliphatic heterocycles. The normalized spacial score (nSPS) is 14.7. The van der Waals surface area contributed by atoms with Gasteiger partial charge in [0, 0.05) is 5.39 Å². The van der Waals surface area contributed by atoms with Crippen molar-refractivity contribution in [3.63, 3.8) is 0 Å². The van der Waals surface area contributed by atoms with Crippen LogP contribution in [0.5, 0.6) is 0 Å². The maximum Gasteiger partial charge on any atom is 0.337 e. The largest absolute Gasteiger partial charge is 0.478 e. The number of hydrogen-bond acceptors (Lipinski definition) is 2. The Balaban J connectivity index is 2.20. The molecule has 1 N–H and O–H groups in total. The fourth-order valence-corrected chi connectivity index (χ4v) is 2.72. The van der Waals surface area contributed by atoms with E-state index in [9.17, 15) is 9.90 Å². The summed E-state index contributed by atoms with van der Waals surface area (Å²) in [4.78, 5) is 15.8. The molecule has 96 valence electrons. The number of benzene rings is 1. The van der Waals surface area contributed by atoms with E-state index in [1.165, 1.54) is 5.57 Å². The first-order valence-electron chi connectivity index (χ1n) is 6.19. The van der Waals surface area contributed by atoms with Gasteiger partial charge in [0.05, 0.1) is 21.8 Å². The summed E-state index contributed by atoms with van der Waals surface area (Å²) < 4.78 is 0. The summed E-state index contributed by atoms with van der Waals surface area (Å²) in [5.41, 5.74) is 2.98. The second kappa shape index (κ2) is 4.67. The number of carboxylic acids is 1. The number of nitrogens with zero attached hydrogens (tertiary/aromatic N) is 1. The van der Waals surface area contributed by atoms with E-state index in [2.05, 4.69) is 11.1 Å². The Labute approximate surface area is 115 Å². The standard InChI is InChI=1S/C15H12ClNO2/c16-11-6-8-13-10(14(11)15(18)19)5-7-12(17-13)9-3-1-2-4-9/h3,5-8H,1-2,4H2,(H,18,19). The number of aromatic nitrogens is 1. The van der Waals surface area contributed by atoms with Crippen molar-refractivity contribution in [3.8, 4) is 0 Å². The molecule has 0 radical (unpaired) electrons. The number of carbonyl (C=O) groups is 1. The van der Waals surface area contributed by atoms with E-state index < -0.39 is 5.97 Å². The highest BCUT2D eigenvalue weighted by atomic mass is 35.5. The van der Waals surface area contributed by atoms with Crippen LogP contribution in [0.15, 0.2) is 30.3 Å². The molecule has 0 unspecified atom stereocenters. The van der Waals surface area contributed by atoms with Crippen molar-refractivity contribution in [1.29, 1.82) is 0 Å². The Kier molecular flexibility index (Phi) is 2.99. The van der Waals surface area contributed by atoms with Crippen molar-refractivity contribution in [1.82, 2.24) is 4.98 Å². The van der Waals surface area contributed by atoms with Gasteiger partial charge >= 0.3 is 5.97 Å². The van der Waals surface area contributed by atoms with Gasteiger partial charge in [0.1, 0.15) is 0 Å². The van der Waals surface area contributed by atoms with Crippen LogP contribution in [0.25, 0.3) is 16.5 Å². The maximum atomic E-state index is 11.3. The Bertz CT molecular complexity index is 707. The molecule has 0 saturated heterocycles. The third-order valence-electron chi connectivity index (χ3n) is 3.40. The van der Waals surface area contributed by atoms with Crippen LogP contribution in [-0.2, 0) is 0 Å². The summed E-state index contributed by atoms with van der Waals surface area (Å²) in [7, 11) is 0. The highest BCUT2D eigenvalue weighted by molar-refractivity contribution is 6.35. The molecule has 3 nitrogen and oxygen atoms in total. The van der Waals surface area contributed by atoms with Gasteiger partial charge in [-0.1, -0.05) is 17.7 Å². The zero-order chi connectivity index (χ0) is 13.4. The Morgan fingerprint density at radius 1 is 1.26 bits per heavy atom. The quantitative estimate of drug-likeness (QED) is 0.894. The van der Waals surface area contributed by atoms with Crippen LogP contribution in [0.2, 0.25) is 5.02 Å². The fraction of sp³-hybridized carbons (Fsp3) is 0.200. The van der Waals surface area contributed by atoms with Gasteiger partial charge in [-0.15, -0.1) is 0 Å². The molecule has 0 bridgehead atoms. The number of rotatable bonds is 2. The number of allylic oxidation sites excluding steroid dienone is 2. The highest BCUT2D eigenvalue weighted by Gasteiger charge is 2.15. The summed E-state index contributed by atoms with van der Waals surface area (Å²) in [6.45, 7) is 0. The van der Waals surface area contributed by atoms with Crippen LogP contribution in [0.4, 0.5) is 0 Å². The number of carboxylic acid groups (broad SMARTS) is 1. The van der Waals surface area contributed by atoms with E-state index >= 15 is 0 Å². The lowest BCUT2D eigenvalue weighted by Gasteiger charge is -2.07. The third-order valence-corrected chi connectivity index (χ3v) is 3.72. The molecule has 1 aliphatic carbocycles. The summed E-state index contributed by atoms with van der Waals surface area (Å²) in [6, 6.07) is 7.03. The van der Waals surface area contributed by atoms with E-state index in [0.29, 0.717) is 10.9 Å². The number of halogens is 1.